The number of hydrogen-bond donors (Lipinski definition) is 2. The van der Waals surface area contributed by atoms with E-state index >= 15 is 0 Å². The predicted octanol–water partition coefficient (Wildman–Crippen LogP) is 0.722. The molecule has 3 N–H and O–H groups in total. The fraction of sp³-hybridized carbons (Fsp3) is 0.636. The standard InChI is InChI=1S/C11H17N3O2/c12-10(15)2-1-9-7-13-14-11(9)8-3-5-16-6-4-8/h7-8H,1-6H2,(H2,12,15)(H,13,14). The summed E-state index contributed by atoms with van der Waals surface area (Å²) in [6.45, 7) is 1.61. The molecule has 1 fully saturated rings. The number of rotatable bonds is 4. The average Bonchev–Trinajstić information content (AvgIpc) is 2.75. The van der Waals surface area contributed by atoms with Gasteiger partial charge >= 0.3 is 0 Å². The lowest BCUT2D eigenvalue weighted by atomic mass is 9.92. The van der Waals surface area contributed by atoms with Crippen molar-refractivity contribution in [2.24, 2.45) is 5.73 Å². The zero-order chi connectivity index (χ0) is 11.4. The van der Waals surface area contributed by atoms with Gasteiger partial charge < -0.3 is 10.5 Å². The molecule has 1 aromatic rings. The lowest BCUT2D eigenvalue weighted by Gasteiger charge is -2.21. The highest BCUT2D eigenvalue weighted by atomic mass is 16.5. The summed E-state index contributed by atoms with van der Waals surface area (Å²) < 4.78 is 5.33. The van der Waals surface area contributed by atoms with Crippen molar-refractivity contribution in [3.63, 3.8) is 0 Å². The molecule has 1 amide bonds. The Morgan fingerprint density at radius 3 is 3.00 bits per heavy atom. The van der Waals surface area contributed by atoms with E-state index in [9.17, 15) is 4.79 Å². The highest BCUT2D eigenvalue weighted by Crippen LogP contribution is 2.28. The second-order valence-corrected chi connectivity index (χ2v) is 4.16. The maximum atomic E-state index is 10.8. The van der Waals surface area contributed by atoms with Gasteiger partial charge in [-0.3, -0.25) is 9.89 Å². The van der Waals surface area contributed by atoms with Crippen LogP contribution in [0.1, 0.15) is 36.4 Å². The number of hydrogen-bond acceptors (Lipinski definition) is 3. The van der Waals surface area contributed by atoms with Crippen molar-refractivity contribution < 1.29 is 9.53 Å². The Morgan fingerprint density at radius 2 is 2.31 bits per heavy atom. The molecule has 0 bridgehead atoms. The lowest BCUT2D eigenvalue weighted by molar-refractivity contribution is -0.117. The van der Waals surface area contributed by atoms with Crippen LogP contribution in [0.3, 0.4) is 0 Å². The number of nitrogens with zero attached hydrogens (tertiary/aromatic N) is 1. The minimum absolute atomic E-state index is 0.265. The molecule has 0 saturated carbocycles. The van der Waals surface area contributed by atoms with E-state index in [1.165, 1.54) is 0 Å². The SMILES string of the molecule is NC(=O)CCc1cn[nH]c1C1CCOCC1. The number of nitrogens with one attached hydrogen (secondary N) is 1. The second-order valence-electron chi connectivity index (χ2n) is 4.16. The first-order chi connectivity index (χ1) is 7.77. The van der Waals surface area contributed by atoms with Crippen LogP contribution in [-0.2, 0) is 16.0 Å². The normalized spacial score (nSPS) is 17.5. The summed E-state index contributed by atoms with van der Waals surface area (Å²) in [6, 6.07) is 0. The number of nitrogens with two attached hydrogens (primary N) is 1. The molecule has 88 valence electrons. The molecule has 0 atom stereocenters. The van der Waals surface area contributed by atoms with E-state index in [-0.39, 0.29) is 5.91 Å². The van der Waals surface area contributed by atoms with Gasteiger partial charge in [0, 0.05) is 31.2 Å². The third-order valence-corrected chi connectivity index (χ3v) is 3.02. The van der Waals surface area contributed by atoms with Gasteiger partial charge in [-0.15, -0.1) is 0 Å². The molecule has 2 rings (SSSR count). The van der Waals surface area contributed by atoms with Crippen molar-refractivity contribution >= 4 is 5.91 Å². The summed E-state index contributed by atoms with van der Waals surface area (Å²) in [4.78, 5) is 10.8. The van der Waals surface area contributed by atoms with Crippen molar-refractivity contribution in [1.29, 1.82) is 0 Å². The van der Waals surface area contributed by atoms with Gasteiger partial charge in [0.25, 0.3) is 0 Å². The minimum Gasteiger partial charge on any atom is -0.381 e. The second kappa shape index (κ2) is 5.12. The van der Waals surface area contributed by atoms with Crippen LogP contribution in [0.2, 0.25) is 0 Å². The van der Waals surface area contributed by atoms with E-state index < -0.39 is 0 Å². The molecule has 2 heterocycles. The quantitative estimate of drug-likeness (QED) is 0.789. The molecule has 0 aliphatic carbocycles. The van der Waals surface area contributed by atoms with Crippen molar-refractivity contribution in [3.8, 4) is 0 Å². The number of ether oxygens (including phenoxy) is 1. The Hall–Kier alpha value is -1.36. The number of carbonyl (C=O) groups excluding carboxylic acids is 1. The van der Waals surface area contributed by atoms with Crippen LogP contribution in [0.15, 0.2) is 6.20 Å². The van der Waals surface area contributed by atoms with Crippen LogP contribution in [0.5, 0.6) is 0 Å². The third-order valence-electron chi connectivity index (χ3n) is 3.02. The summed E-state index contributed by atoms with van der Waals surface area (Å²) in [7, 11) is 0. The van der Waals surface area contributed by atoms with Crippen molar-refractivity contribution in [2.75, 3.05) is 13.2 Å². The predicted molar refractivity (Wildman–Crippen MR) is 58.9 cm³/mol. The van der Waals surface area contributed by atoms with Crippen LogP contribution in [0, 0.1) is 0 Å². The van der Waals surface area contributed by atoms with Gasteiger partial charge in [0.1, 0.15) is 0 Å². The fourth-order valence-corrected chi connectivity index (χ4v) is 2.12. The van der Waals surface area contributed by atoms with E-state index in [2.05, 4.69) is 10.2 Å². The maximum absolute atomic E-state index is 10.8. The molecule has 1 aliphatic heterocycles. The Labute approximate surface area is 94.4 Å². The fourth-order valence-electron chi connectivity index (χ4n) is 2.12. The molecule has 0 radical (unpaired) electrons. The smallest absolute Gasteiger partial charge is 0.217 e. The van der Waals surface area contributed by atoms with Crippen LogP contribution >= 0.6 is 0 Å². The number of aromatic nitrogens is 2. The Morgan fingerprint density at radius 1 is 1.56 bits per heavy atom. The van der Waals surface area contributed by atoms with E-state index in [0.717, 1.165) is 37.3 Å². The van der Waals surface area contributed by atoms with Gasteiger partial charge in [0.15, 0.2) is 0 Å². The molecule has 0 aromatic carbocycles. The number of H-pyrrole nitrogens is 1. The molecular formula is C11H17N3O2. The van der Waals surface area contributed by atoms with Crippen LogP contribution < -0.4 is 5.73 Å². The molecule has 1 saturated heterocycles. The first-order valence-corrected chi connectivity index (χ1v) is 5.65. The molecule has 5 heteroatoms. The summed E-state index contributed by atoms with van der Waals surface area (Å²) in [5.41, 5.74) is 7.42. The largest absolute Gasteiger partial charge is 0.381 e. The molecule has 1 aromatic heterocycles. The number of primary amides is 1. The highest BCUT2D eigenvalue weighted by Gasteiger charge is 2.20. The van der Waals surface area contributed by atoms with Crippen LogP contribution in [-0.4, -0.2) is 29.3 Å². The van der Waals surface area contributed by atoms with Crippen molar-refractivity contribution in [3.05, 3.63) is 17.5 Å². The van der Waals surface area contributed by atoms with Crippen molar-refractivity contribution in [2.45, 2.75) is 31.6 Å². The van der Waals surface area contributed by atoms with E-state index in [1.807, 2.05) is 0 Å². The highest BCUT2D eigenvalue weighted by molar-refractivity contribution is 5.74. The Kier molecular flexibility index (Phi) is 3.56. The number of amides is 1. The number of carbonyl (C=O) groups is 1. The summed E-state index contributed by atoms with van der Waals surface area (Å²) in [5.74, 6) is 0.221. The third kappa shape index (κ3) is 2.61. The van der Waals surface area contributed by atoms with E-state index in [0.29, 0.717) is 18.8 Å². The van der Waals surface area contributed by atoms with Gasteiger partial charge in [-0.25, -0.2) is 0 Å². The van der Waals surface area contributed by atoms with Gasteiger partial charge in [-0.1, -0.05) is 0 Å². The lowest BCUT2D eigenvalue weighted by Crippen LogP contribution is -2.16. The molecule has 0 spiro atoms. The molecular weight excluding hydrogens is 206 g/mol. The van der Waals surface area contributed by atoms with Crippen LogP contribution in [0.25, 0.3) is 0 Å². The van der Waals surface area contributed by atoms with Gasteiger partial charge in [0.2, 0.25) is 5.91 Å². The number of aromatic amines is 1. The zero-order valence-electron chi connectivity index (χ0n) is 9.24. The Bertz CT molecular complexity index is 356. The van der Waals surface area contributed by atoms with Gasteiger partial charge in [-0.05, 0) is 24.8 Å². The minimum atomic E-state index is -0.265. The van der Waals surface area contributed by atoms with E-state index in [1.54, 1.807) is 6.20 Å². The first-order valence-electron chi connectivity index (χ1n) is 5.65. The molecule has 1 aliphatic rings. The zero-order valence-corrected chi connectivity index (χ0v) is 9.24. The average molecular weight is 223 g/mol. The Balaban J connectivity index is 2.02. The molecule has 16 heavy (non-hydrogen) atoms. The molecule has 0 unspecified atom stereocenters. The summed E-state index contributed by atoms with van der Waals surface area (Å²) in [6.07, 6.45) is 4.90. The van der Waals surface area contributed by atoms with Gasteiger partial charge in [0.05, 0.1) is 6.20 Å². The monoisotopic (exact) mass is 223 g/mol. The summed E-state index contributed by atoms with van der Waals surface area (Å²) in [5, 5.41) is 7.10. The topological polar surface area (TPSA) is 81.0 Å². The number of aryl methyl sites for hydroxylation is 1. The van der Waals surface area contributed by atoms with E-state index in [4.69, 9.17) is 10.5 Å². The maximum Gasteiger partial charge on any atom is 0.217 e. The van der Waals surface area contributed by atoms with Gasteiger partial charge in [-0.2, -0.15) is 5.10 Å². The first kappa shape index (κ1) is 11.1. The molecule has 5 nitrogen and oxygen atoms in total. The summed E-state index contributed by atoms with van der Waals surface area (Å²) >= 11 is 0. The van der Waals surface area contributed by atoms with Crippen LogP contribution in [0.4, 0.5) is 0 Å². The van der Waals surface area contributed by atoms with Crippen molar-refractivity contribution in [1.82, 2.24) is 10.2 Å².